The fourth-order valence-corrected chi connectivity index (χ4v) is 2.36. The number of aryl methyl sites for hydroxylation is 1. The van der Waals surface area contributed by atoms with Crippen molar-refractivity contribution in [2.75, 3.05) is 12.4 Å². The van der Waals surface area contributed by atoms with Crippen molar-refractivity contribution >= 4 is 11.6 Å². The van der Waals surface area contributed by atoms with Crippen LogP contribution in [0.4, 0.5) is 10.1 Å². The summed E-state index contributed by atoms with van der Waals surface area (Å²) in [5.41, 5.74) is 2.16. The Hall–Kier alpha value is -2.40. The molecule has 1 atom stereocenters. The molecule has 0 aromatic heterocycles. The lowest BCUT2D eigenvalue weighted by Gasteiger charge is -2.09. The van der Waals surface area contributed by atoms with E-state index >= 15 is 0 Å². The number of rotatable bonds is 3. The molecule has 1 amide bonds. The van der Waals surface area contributed by atoms with E-state index in [1.54, 1.807) is 38.2 Å². The summed E-state index contributed by atoms with van der Waals surface area (Å²) in [6, 6.07) is 9.71. The summed E-state index contributed by atoms with van der Waals surface area (Å²) in [6.07, 6.45) is 0. The van der Waals surface area contributed by atoms with Crippen LogP contribution >= 0.6 is 0 Å². The number of ether oxygens (including phenoxy) is 1. The highest BCUT2D eigenvalue weighted by Gasteiger charge is 2.29. The summed E-state index contributed by atoms with van der Waals surface area (Å²) in [7, 11) is 1.73. The zero-order valence-electron chi connectivity index (χ0n) is 11.7. The largest absolute Gasteiger partial charge is 0.457 e. The molecule has 0 radical (unpaired) electrons. The van der Waals surface area contributed by atoms with Crippen LogP contribution in [0, 0.1) is 12.7 Å². The summed E-state index contributed by atoms with van der Waals surface area (Å²) in [4.78, 5) is 11.8. The minimum atomic E-state index is -0.342. The molecular formula is C16H15FN2O2. The molecule has 0 fully saturated rings. The molecule has 0 saturated carbocycles. The molecule has 2 aromatic carbocycles. The van der Waals surface area contributed by atoms with Crippen LogP contribution < -0.4 is 15.4 Å². The van der Waals surface area contributed by atoms with Crippen molar-refractivity contribution in [2.45, 2.75) is 13.0 Å². The van der Waals surface area contributed by atoms with Gasteiger partial charge in [0.1, 0.15) is 23.4 Å². The van der Waals surface area contributed by atoms with E-state index in [1.165, 1.54) is 6.07 Å². The van der Waals surface area contributed by atoms with E-state index < -0.39 is 0 Å². The highest BCUT2D eigenvalue weighted by molar-refractivity contribution is 6.02. The fourth-order valence-electron chi connectivity index (χ4n) is 2.36. The van der Waals surface area contributed by atoms with Gasteiger partial charge >= 0.3 is 0 Å². The van der Waals surface area contributed by atoms with Crippen LogP contribution in [0.3, 0.4) is 0 Å². The second-order valence-electron chi connectivity index (χ2n) is 4.97. The van der Waals surface area contributed by atoms with Crippen molar-refractivity contribution in [2.24, 2.45) is 0 Å². The SMILES string of the molecule is CNC1C(=O)Nc2cc(Oc3ccc(C)c(F)c3)ccc21. The Morgan fingerprint density at radius 3 is 2.62 bits per heavy atom. The van der Waals surface area contributed by atoms with Gasteiger partial charge in [0.15, 0.2) is 0 Å². The van der Waals surface area contributed by atoms with E-state index in [0.29, 0.717) is 22.7 Å². The van der Waals surface area contributed by atoms with Crippen molar-refractivity contribution in [3.05, 3.63) is 53.3 Å². The molecule has 0 saturated heterocycles. The van der Waals surface area contributed by atoms with Crippen LogP contribution in [0.15, 0.2) is 36.4 Å². The summed E-state index contributed by atoms with van der Waals surface area (Å²) < 4.78 is 19.1. The van der Waals surface area contributed by atoms with Gasteiger partial charge in [-0.3, -0.25) is 4.79 Å². The number of hydrogen-bond donors (Lipinski definition) is 2. The second-order valence-corrected chi connectivity index (χ2v) is 4.97. The van der Waals surface area contributed by atoms with Crippen LogP contribution in [0.25, 0.3) is 0 Å². The molecule has 0 spiro atoms. The first-order valence-electron chi connectivity index (χ1n) is 6.64. The Kier molecular flexibility index (Phi) is 3.35. The normalized spacial score (nSPS) is 16.5. The molecule has 4 nitrogen and oxygen atoms in total. The van der Waals surface area contributed by atoms with Crippen LogP contribution in [-0.2, 0) is 4.79 Å². The van der Waals surface area contributed by atoms with Gasteiger partial charge in [-0.15, -0.1) is 0 Å². The smallest absolute Gasteiger partial charge is 0.246 e. The molecule has 0 bridgehead atoms. The van der Waals surface area contributed by atoms with Gasteiger partial charge < -0.3 is 15.4 Å². The lowest BCUT2D eigenvalue weighted by atomic mass is 10.1. The molecule has 5 heteroatoms. The van der Waals surface area contributed by atoms with E-state index in [-0.39, 0.29) is 17.8 Å². The van der Waals surface area contributed by atoms with E-state index in [0.717, 1.165) is 5.56 Å². The minimum Gasteiger partial charge on any atom is -0.457 e. The van der Waals surface area contributed by atoms with Crippen LogP contribution in [0.1, 0.15) is 17.2 Å². The second kappa shape index (κ2) is 5.18. The molecule has 108 valence electrons. The maximum Gasteiger partial charge on any atom is 0.246 e. The molecule has 1 aliphatic rings. The maximum absolute atomic E-state index is 13.5. The lowest BCUT2D eigenvalue weighted by molar-refractivity contribution is -0.117. The average Bonchev–Trinajstić information content (AvgIpc) is 2.77. The molecule has 2 N–H and O–H groups in total. The summed E-state index contributed by atoms with van der Waals surface area (Å²) in [5.74, 6) is 0.574. The summed E-state index contributed by atoms with van der Waals surface area (Å²) in [5, 5.41) is 5.74. The molecule has 1 unspecified atom stereocenters. The number of carbonyl (C=O) groups is 1. The zero-order valence-corrected chi connectivity index (χ0v) is 11.7. The Morgan fingerprint density at radius 2 is 1.90 bits per heavy atom. The van der Waals surface area contributed by atoms with Crippen LogP contribution in [-0.4, -0.2) is 13.0 Å². The molecule has 2 aromatic rings. The number of fused-ring (bicyclic) bond motifs is 1. The van der Waals surface area contributed by atoms with Gasteiger partial charge in [0.05, 0.1) is 0 Å². The van der Waals surface area contributed by atoms with Crippen LogP contribution in [0.2, 0.25) is 0 Å². The van der Waals surface area contributed by atoms with E-state index in [2.05, 4.69) is 10.6 Å². The number of amides is 1. The van der Waals surface area contributed by atoms with Gasteiger partial charge in [-0.2, -0.15) is 0 Å². The van der Waals surface area contributed by atoms with Crippen molar-refractivity contribution < 1.29 is 13.9 Å². The number of anilines is 1. The molecular weight excluding hydrogens is 271 g/mol. The Morgan fingerprint density at radius 1 is 1.19 bits per heavy atom. The topological polar surface area (TPSA) is 50.4 Å². The number of carbonyl (C=O) groups excluding carboxylic acids is 1. The first-order chi connectivity index (χ1) is 10.1. The monoisotopic (exact) mass is 286 g/mol. The number of halogens is 1. The Bertz CT molecular complexity index is 715. The number of nitrogens with one attached hydrogen (secondary N) is 2. The third-order valence-electron chi connectivity index (χ3n) is 3.52. The first-order valence-corrected chi connectivity index (χ1v) is 6.64. The third-order valence-corrected chi connectivity index (χ3v) is 3.52. The van der Waals surface area contributed by atoms with Crippen molar-refractivity contribution in [1.29, 1.82) is 0 Å². The Labute approximate surface area is 121 Å². The van der Waals surface area contributed by atoms with Gasteiger partial charge in [-0.05, 0) is 31.7 Å². The number of hydrogen-bond acceptors (Lipinski definition) is 3. The predicted octanol–water partition coefficient (Wildman–Crippen LogP) is 3.14. The van der Waals surface area contributed by atoms with Crippen molar-refractivity contribution in [1.82, 2.24) is 5.32 Å². The molecule has 21 heavy (non-hydrogen) atoms. The van der Waals surface area contributed by atoms with Crippen molar-refractivity contribution in [3.8, 4) is 11.5 Å². The first kappa shape index (κ1) is 13.6. The number of likely N-dealkylation sites (N-methyl/N-ethyl adjacent to an activating group) is 1. The molecule has 1 heterocycles. The predicted molar refractivity (Wildman–Crippen MR) is 78.1 cm³/mol. The highest BCUT2D eigenvalue weighted by atomic mass is 19.1. The fraction of sp³-hybridized carbons (Fsp3) is 0.188. The standard InChI is InChI=1S/C16H15FN2O2/c1-9-3-4-10(7-13(9)17)21-11-5-6-12-14(8-11)19-16(20)15(12)18-2/h3-8,15,18H,1-2H3,(H,19,20). The summed E-state index contributed by atoms with van der Waals surface area (Å²) in [6.45, 7) is 1.70. The van der Waals surface area contributed by atoms with Gasteiger partial charge in [-0.25, -0.2) is 4.39 Å². The maximum atomic E-state index is 13.5. The molecule has 3 rings (SSSR count). The van der Waals surface area contributed by atoms with E-state index in [1.807, 2.05) is 6.07 Å². The third kappa shape index (κ3) is 2.48. The average molecular weight is 286 g/mol. The Balaban J connectivity index is 1.87. The quantitative estimate of drug-likeness (QED) is 0.911. The van der Waals surface area contributed by atoms with Crippen LogP contribution in [0.5, 0.6) is 11.5 Å². The van der Waals surface area contributed by atoms with Gasteiger partial charge in [0, 0.05) is 23.4 Å². The zero-order chi connectivity index (χ0) is 15.0. The number of benzene rings is 2. The van der Waals surface area contributed by atoms with E-state index in [9.17, 15) is 9.18 Å². The van der Waals surface area contributed by atoms with Gasteiger partial charge in [0.2, 0.25) is 5.91 Å². The molecule has 0 aliphatic carbocycles. The highest BCUT2D eigenvalue weighted by Crippen LogP contribution is 2.35. The molecule has 1 aliphatic heterocycles. The lowest BCUT2D eigenvalue weighted by Crippen LogP contribution is -2.23. The van der Waals surface area contributed by atoms with Gasteiger partial charge in [0.25, 0.3) is 0 Å². The van der Waals surface area contributed by atoms with Crippen molar-refractivity contribution in [3.63, 3.8) is 0 Å². The van der Waals surface area contributed by atoms with Gasteiger partial charge in [-0.1, -0.05) is 12.1 Å². The minimum absolute atomic E-state index is 0.0916. The van der Waals surface area contributed by atoms with E-state index in [4.69, 9.17) is 4.74 Å². The summed E-state index contributed by atoms with van der Waals surface area (Å²) >= 11 is 0.